The molecule has 120 valence electrons. The van der Waals surface area contributed by atoms with Gasteiger partial charge in [0.25, 0.3) is 5.91 Å². The lowest BCUT2D eigenvalue weighted by molar-refractivity contribution is -0.129. The maximum absolute atomic E-state index is 12.8. The molecule has 0 aromatic carbocycles. The Labute approximate surface area is 142 Å². The van der Waals surface area contributed by atoms with E-state index in [1.807, 2.05) is 29.8 Å². The van der Waals surface area contributed by atoms with E-state index in [1.165, 1.54) is 22.7 Å². The Morgan fingerprint density at radius 3 is 2.61 bits per heavy atom. The molecule has 3 heterocycles. The number of amides is 1. The van der Waals surface area contributed by atoms with Crippen molar-refractivity contribution in [2.75, 3.05) is 6.54 Å². The summed E-state index contributed by atoms with van der Waals surface area (Å²) in [4.78, 5) is 28.3. The molecule has 1 N–H and O–H groups in total. The molecule has 1 aliphatic rings. The van der Waals surface area contributed by atoms with Crippen molar-refractivity contribution in [2.24, 2.45) is 0 Å². The van der Waals surface area contributed by atoms with E-state index in [0.29, 0.717) is 11.4 Å². The predicted molar refractivity (Wildman–Crippen MR) is 92.0 cm³/mol. The van der Waals surface area contributed by atoms with Crippen LogP contribution in [0.15, 0.2) is 46.4 Å². The number of thiophene rings is 2. The van der Waals surface area contributed by atoms with Gasteiger partial charge < -0.3 is 10.0 Å². The third-order valence-corrected chi connectivity index (χ3v) is 5.65. The number of aliphatic hydroxyl groups excluding tert-OH is 1. The summed E-state index contributed by atoms with van der Waals surface area (Å²) < 4.78 is 0. The summed E-state index contributed by atoms with van der Waals surface area (Å²) in [6.45, 7) is 2.58. The maximum Gasteiger partial charge on any atom is 0.290 e. The standard InChI is InChI=1S/C17H17NO3S2/c1-2-3-8-18-14(11-6-4-9-22-11)13(16(20)17(18)21)15(19)12-7-5-10-23-12/h4-7,9-10,14,20H,2-3,8H2,1H3. The molecule has 23 heavy (non-hydrogen) atoms. The molecule has 2 aromatic rings. The minimum Gasteiger partial charge on any atom is -0.503 e. The number of nitrogens with zero attached hydrogens (tertiary/aromatic N) is 1. The van der Waals surface area contributed by atoms with E-state index in [9.17, 15) is 14.7 Å². The third-order valence-electron chi connectivity index (χ3n) is 3.86. The largest absolute Gasteiger partial charge is 0.503 e. The number of carbonyl (C=O) groups excluding carboxylic acids is 2. The van der Waals surface area contributed by atoms with Crippen LogP contribution in [0.2, 0.25) is 0 Å². The number of carbonyl (C=O) groups is 2. The molecule has 0 bridgehead atoms. The van der Waals surface area contributed by atoms with Gasteiger partial charge in [-0.3, -0.25) is 9.59 Å². The predicted octanol–water partition coefficient (Wildman–Crippen LogP) is 4.19. The molecule has 0 fully saturated rings. The van der Waals surface area contributed by atoms with Gasteiger partial charge >= 0.3 is 0 Å². The first-order valence-corrected chi connectivity index (χ1v) is 9.26. The van der Waals surface area contributed by atoms with Crippen LogP contribution in [-0.4, -0.2) is 28.2 Å². The molecule has 6 heteroatoms. The second kappa shape index (κ2) is 6.68. The summed E-state index contributed by atoms with van der Waals surface area (Å²) in [6, 6.07) is 6.83. The Bertz CT molecular complexity index is 732. The minimum absolute atomic E-state index is 0.205. The van der Waals surface area contributed by atoms with Gasteiger partial charge in [0.05, 0.1) is 16.5 Å². The second-order valence-electron chi connectivity index (χ2n) is 5.34. The van der Waals surface area contributed by atoms with Crippen LogP contribution < -0.4 is 0 Å². The highest BCUT2D eigenvalue weighted by atomic mass is 32.1. The molecule has 1 amide bonds. The van der Waals surface area contributed by atoms with Crippen molar-refractivity contribution in [1.82, 2.24) is 4.90 Å². The Kier molecular flexibility index (Phi) is 4.63. The molecule has 1 atom stereocenters. The first kappa shape index (κ1) is 16.0. The maximum atomic E-state index is 12.8. The van der Waals surface area contributed by atoms with Crippen LogP contribution in [-0.2, 0) is 4.79 Å². The smallest absolute Gasteiger partial charge is 0.290 e. The number of aliphatic hydroxyl groups is 1. The van der Waals surface area contributed by atoms with Crippen LogP contribution in [0.1, 0.15) is 40.4 Å². The zero-order valence-electron chi connectivity index (χ0n) is 12.7. The quantitative estimate of drug-likeness (QED) is 0.797. The molecule has 0 spiro atoms. The summed E-state index contributed by atoms with van der Waals surface area (Å²) in [5.41, 5.74) is 0.205. The van der Waals surface area contributed by atoms with Gasteiger partial charge in [0.15, 0.2) is 5.76 Å². The molecule has 0 aliphatic carbocycles. The normalized spacial score (nSPS) is 18.0. The summed E-state index contributed by atoms with van der Waals surface area (Å²) in [5.74, 6) is -1.11. The van der Waals surface area contributed by atoms with E-state index in [1.54, 1.807) is 17.0 Å². The molecule has 0 saturated carbocycles. The lowest BCUT2D eigenvalue weighted by Gasteiger charge is -2.25. The highest BCUT2D eigenvalue weighted by Gasteiger charge is 2.44. The van der Waals surface area contributed by atoms with Crippen molar-refractivity contribution >= 4 is 34.4 Å². The zero-order chi connectivity index (χ0) is 16.4. The topological polar surface area (TPSA) is 57.6 Å². The van der Waals surface area contributed by atoms with E-state index in [0.717, 1.165) is 17.7 Å². The van der Waals surface area contributed by atoms with Gasteiger partial charge in [-0.25, -0.2) is 0 Å². The van der Waals surface area contributed by atoms with E-state index in [4.69, 9.17) is 0 Å². The van der Waals surface area contributed by atoms with Crippen LogP contribution in [0, 0.1) is 0 Å². The van der Waals surface area contributed by atoms with Gasteiger partial charge in [-0.1, -0.05) is 25.5 Å². The molecule has 0 radical (unpaired) electrons. The number of rotatable bonds is 6. The fourth-order valence-corrected chi connectivity index (χ4v) is 4.25. The first-order chi connectivity index (χ1) is 11.1. The summed E-state index contributed by atoms with van der Waals surface area (Å²) >= 11 is 2.81. The van der Waals surface area contributed by atoms with Crippen LogP contribution >= 0.6 is 22.7 Å². The van der Waals surface area contributed by atoms with E-state index >= 15 is 0 Å². The fourth-order valence-electron chi connectivity index (χ4n) is 2.73. The van der Waals surface area contributed by atoms with Crippen LogP contribution in [0.3, 0.4) is 0 Å². The van der Waals surface area contributed by atoms with Crippen LogP contribution in [0.4, 0.5) is 0 Å². The van der Waals surface area contributed by atoms with Crippen molar-refractivity contribution in [2.45, 2.75) is 25.8 Å². The molecule has 2 aromatic heterocycles. The highest BCUT2D eigenvalue weighted by molar-refractivity contribution is 7.12. The molecule has 0 saturated heterocycles. The molecular formula is C17H17NO3S2. The summed E-state index contributed by atoms with van der Waals surface area (Å²) in [5, 5.41) is 14.1. The SMILES string of the molecule is CCCCN1C(=O)C(O)=C(C(=O)c2cccs2)C1c1cccs1. The fraction of sp³-hybridized carbons (Fsp3) is 0.294. The summed E-state index contributed by atoms with van der Waals surface area (Å²) in [7, 11) is 0. The lowest BCUT2D eigenvalue weighted by Crippen LogP contribution is -2.31. The average molecular weight is 347 g/mol. The van der Waals surface area contributed by atoms with Crippen molar-refractivity contribution in [3.05, 3.63) is 56.1 Å². The molecule has 1 unspecified atom stereocenters. The number of hydrogen-bond donors (Lipinski definition) is 1. The van der Waals surface area contributed by atoms with Crippen molar-refractivity contribution in [1.29, 1.82) is 0 Å². The second-order valence-corrected chi connectivity index (χ2v) is 7.27. The van der Waals surface area contributed by atoms with Gasteiger partial charge in [-0.05, 0) is 29.3 Å². The van der Waals surface area contributed by atoms with Gasteiger partial charge in [0, 0.05) is 11.4 Å². The molecule has 4 nitrogen and oxygen atoms in total. The van der Waals surface area contributed by atoms with Crippen molar-refractivity contribution in [3.8, 4) is 0 Å². The zero-order valence-corrected chi connectivity index (χ0v) is 14.3. The molecule has 1 aliphatic heterocycles. The summed E-state index contributed by atoms with van der Waals surface area (Å²) in [6.07, 6.45) is 1.78. The Morgan fingerprint density at radius 1 is 1.26 bits per heavy atom. The number of Topliss-reactive ketones (excluding diaryl/α,β-unsaturated/α-hetero) is 1. The Hall–Kier alpha value is -1.92. The van der Waals surface area contributed by atoms with Crippen LogP contribution in [0.5, 0.6) is 0 Å². The van der Waals surface area contributed by atoms with Crippen LogP contribution in [0.25, 0.3) is 0 Å². The highest BCUT2D eigenvalue weighted by Crippen LogP contribution is 2.41. The van der Waals surface area contributed by atoms with E-state index in [2.05, 4.69) is 0 Å². The number of ketones is 1. The Morgan fingerprint density at radius 2 is 2.00 bits per heavy atom. The average Bonchev–Trinajstić information content (AvgIpc) is 3.28. The molecule has 3 rings (SSSR count). The van der Waals surface area contributed by atoms with Crippen molar-refractivity contribution < 1.29 is 14.7 Å². The van der Waals surface area contributed by atoms with Gasteiger partial charge in [-0.2, -0.15) is 0 Å². The minimum atomic E-state index is -0.483. The monoisotopic (exact) mass is 347 g/mol. The van der Waals surface area contributed by atoms with E-state index in [-0.39, 0.29) is 11.4 Å². The number of hydrogen-bond acceptors (Lipinski definition) is 5. The van der Waals surface area contributed by atoms with Gasteiger partial charge in [-0.15, -0.1) is 22.7 Å². The van der Waals surface area contributed by atoms with Crippen molar-refractivity contribution in [3.63, 3.8) is 0 Å². The Balaban J connectivity index is 2.03. The molecular weight excluding hydrogens is 330 g/mol. The first-order valence-electron chi connectivity index (χ1n) is 7.50. The number of unbranched alkanes of at least 4 members (excludes halogenated alkanes) is 1. The van der Waals surface area contributed by atoms with Gasteiger partial charge in [0.2, 0.25) is 5.78 Å². The third kappa shape index (κ3) is 2.84. The lowest BCUT2D eigenvalue weighted by atomic mass is 10.0. The van der Waals surface area contributed by atoms with E-state index < -0.39 is 17.7 Å². The van der Waals surface area contributed by atoms with Gasteiger partial charge in [0.1, 0.15) is 0 Å².